The number of nitrogens with zero attached hydrogens (tertiary/aromatic N) is 5. The smallest absolute Gasteiger partial charge is 0.266 e. The highest BCUT2D eigenvalue weighted by Crippen LogP contribution is 2.31. The van der Waals surface area contributed by atoms with Gasteiger partial charge in [-0.25, -0.2) is 4.98 Å². The topological polar surface area (TPSA) is 82.2 Å². The van der Waals surface area contributed by atoms with Crippen molar-refractivity contribution >= 4 is 22.5 Å². The van der Waals surface area contributed by atoms with Gasteiger partial charge in [-0.15, -0.1) is 5.10 Å². The zero-order chi connectivity index (χ0) is 20.0. The number of pyridine rings is 1. The van der Waals surface area contributed by atoms with Gasteiger partial charge in [0.05, 0.1) is 10.9 Å². The normalized spacial score (nSPS) is 15.2. The first-order valence-electron chi connectivity index (χ1n) is 10.0. The molecule has 7 heteroatoms. The molecule has 1 saturated carbocycles. The third kappa shape index (κ3) is 3.03. The molecule has 0 bridgehead atoms. The van der Waals surface area contributed by atoms with Gasteiger partial charge in [0.2, 0.25) is 0 Å². The average Bonchev–Trinajstić information content (AvgIpc) is 3.20. The van der Waals surface area contributed by atoms with Crippen LogP contribution in [0.4, 0.5) is 0 Å². The summed E-state index contributed by atoms with van der Waals surface area (Å²) in [6.07, 6.45) is 9.22. The lowest BCUT2D eigenvalue weighted by atomic mass is 9.89. The van der Waals surface area contributed by atoms with Gasteiger partial charge in [0.15, 0.2) is 11.6 Å². The molecule has 3 heterocycles. The molecule has 0 atom stereocenters. The monoisotopic (exact) mass is 387 g/mol. The highest BCUT2D eigenvalue weighted by atomic mass is 16.1. The van der Waals surface area contributed by atoms with E-state index in [1.807, 2.05) is 6.07 Å². The molecule has 1 aliphatic carbocycles. The Kier molecular flexibility index (Phi) is 4.23. The van der Waals surface area contributed by atoms with Crippen LogP contribution in [-0.4, -0.2) is 29.9 Å². The molecule has 1 aromatic carbocycles. The van der Waals surface area contributed by atoms with Gasteiger partial charge in [-0.1, -0.05) is 19.3 Å². The van der Waals surface area contributed by atoms with Crippen LogP contribution in [0.3, 0.4) is 0 Å². The molecule has 0 saturated heterocycles. The quantitative estimate of drug-likeness (QED) is 0.501. The molecule has 146 valence electrons. The summed E-state index contributed by atoms with van der Waals surface area (Å²) < 4.78 is 3.24. The Balaban J connectivity index is 1.61. The van der Waals surface area contributed by atoms with Crippen LogP contribution in [0.5, 0.6) is 0 Å². The second-order valence-corrected chi connectivity index (χ2v) is 7.67. The minimum atomic E-state index is -0.179. The van der Waals surface area contributed by atoms with Crippen molar-refractivity contribution in [3.8, 4) is 5.69 Å². The Morgan fingerprint density at radius 2 is 1.83 bits per heavy atom. The van der Waals surface area contributed by atoms with Gasteiger partial charge in [-0.05, 0) is 50.1 Å². The van der Waals surface area contributed by atoms with E-state index in [1.165, 1.54) is 26.2 Å². The lowest BCUT2D eigenvalue weighted by molar-refractivity contribution is 0.101. The van der Waals surface area contributed by atoms with E-state index in [1.54, 1.807) is 45.7 Å². The molecule has 5 rings (SSSR count). The first-order chi connectivity index (χ1) is 14.1. The predicted octanol–water partition coefficient (Wildman–Crippen LogP) is 3.68. The predicted molar refractivity (Wildman–Crippen MR) is 110 cm³/mol. The number of carbonyl (C=O) groups is 1. The molecule has 0 spiro atoms. The van der Waals surface area contributed by atoms with Crippen molar-refractivity contribution in [2.45, 2.75) is 44.9 Å². The molecule has 1 fully saturated rings. The van der Waals surface area contributed by atoms with Crippen molar-refractivity contribution in [3.05, 3.63) is 64.5 Å². The van der Waals surface area contributed by atoms with Crippen LogP contribution >= 0.6 is 0 Å². The lowest BCUT2D eigenvalue weighted by Gasteiger charge is -2.17. The molecule has 7 nitrogen and oxygen atoms in total. The minimum Gasteiger partial charge on any atom is -0.295 e. The van der Waals surface area contributed by atoms with Crippen LogP contribution < -0.4 is 5.56 Å². The molecule has 0 amide bonds. The third-order valence-corrected chi connectivity index (χ3v) is 5.77. The van der Waals surface area contributed by atoms with Crippen molar-refractivity contribution in [2.75, 3.05) is 0 Å². The summed E-state index contributed by atoms with van der Waals surface area (Å²) in [5.74, 6) is 1.73. The fraction of sp³-hybridized carbons (Fsp3) is 0.318. The van der Waals surface area contributed by atoms with Crippen molar-refractivity contribution in [1.29, 1.82) is 0 Å². The first-order valence-corrected chi connectivity index (χ1v) is 10.0. The van der Waals surface area contributed by atoms with Gasteiger partial charge in [-0.2, -0.15) is 9.50 Å². The summed E-state index contributed by atoms with van der Waals surface area (Å²) in [6, 6.07) is 8.86. The van der Waals surface area contributed by atoms with Crippen LogP contribution in [0.25, 0.3) is 22.4 Å². The fourth-order valence-electron chi connectivity index (χ4n) is 4.13. The van der Waals surface area contributed by atoms with Crippen LogP contribution in [-0.2, 0) is 0 Å². The minimum absolute atomic E-state index is 0.00560. The molecular weight excluding hydrogens is 366 g/mol. The fourth-order valence-corrected chi connectivity index (χ4v) is 4.13. The number of benzene rings is 1. The maximum Gasteiger partial charge on any atom is 0.266 e. The SMILES string of the molecule is CC(=O)c1ccc(-n2ccc3c(cnc4nc(C5CCCCC5)nn43)c2=O)cc1. The van der Waals surface area contributed by atoms with E-state index in [-0.39, 0.29) is 11.3 Å². The second-order valence-electron chi connectivity index (χ2n) is 7.67. The van der Waals surface area contributed by atoms with Crippen molar-refractivity contribution in [3.63, 3.8) is 0 Å². The van der Waals surface area contributed by atoms with E-state index in [0.29, 0.717) is 33.8 Å². The average molecular weight is 387 g/mol. The Hall–Kier alpha value is -3.35. The molecule has 1 aliphatic rings. The maximum absolute atomic E-state index is 13.1. The molecule has 29 heavy (non-hydrogen) atoms. The van der Waals surface area contributed by atoms with E-state index >= 15 is 0 Å². The van der Waals surface area contributed by atoms with E-state index in [9.17, 15) is 9.59 Å². The van der Waals surface area contributed by atoms with Crippen molar-refractivity contribution < 1.29 is 4.79 Å². The molecule has 0 radical (unpaired) electrons. The maximum atomic E-state index is 13.1. The van der Waals surface area contributed by atoms with E-state index in [4.69, 9.17) is 5.10 Å². The van der Waals surface area contributed by atoms with E-state index in [2.05, 4.69) is 9.97 Å². The van der Waals surface area contributed by atoms with E-state index in [0.717, 1.165) is 18.7 Å². The third-order valence-electron chi connectivity index (χ3n) is 5.77. The molecular formula is C22H21N5O2. The Labute approximate surface area is 167 Å². The summed E-state index contributed by atoms with van der Waals surface area (Å²) in [6.45, 7) is 1.52. The molecule has 4 aromatic rings. The summed E-state index contributed by atoms with van der Waals surface area (Å²) in [5.41, 5.74) is 1.83. The number of aromatic nitrogens is 5. The molecule has 0 N–H and O–H groups in total. The van der Waals surface area contributed by atoms with Gasteiger partial charge in [0.25, 0.3) is 11.3 Å². The van der Waals surface area contributed by atoms with Crippen molar-refractivity contribution in [2.24, 2.45) is 0 Å². The summed E-state index contributed by atoms with van der Waals surface area (Å²) >= 11 is 0. The van der Waals surface area contributed by atoms with Crippen LogP contribution in [0, 0.1) is 0 Å². The standard InChI is InChI=1S/C22H21N5O2/c1-14(28)15-7-9-17(10-8-15)26-12-11-19-18(21(26)29)13-23-22-24-20(25-27(19)22)16-5-3-2-4-6-16/h7-13,16H,2-6H2,1H3. The van der Waals surface area contributed by atoms with Gasteiger partial charge >= 0.3 is 0 Å². The first kappa shape index (κ1) is 17.7. The van der Waals surface area contributed by atoms with Gasteiger partial charge in [0.1, 0.15) is 0 Å². The number of carbonyl (C=O) groups excluding carboxylic acids is 1. The van der Waals surface area contributed by atoms with Gasteiger partial charge in [-0.3, -0.25) is 14.2 Å². The summed E-state index contributed by atoms with van der Waals surface area (Å²) in [4.78, 5) is 33.6. The molecule has 0 aliphatic heterocycles. The van der Waals surface area contributed by atoms with E-state index < -0.39 is 0 Å². The van der Waals surface area contributed by atoms with Gasteiger partial charge in [0, 0.05) is 29.6 Å². The molecule has 3 aromatic heterocycles. The summed E-state index contributed by atoms with van der Waals surface area (Å²) in [5, 5.41) is 5.18. The Bertz CT molecular complexity index is 1280. The Morgan fingerprint density at radius 3 is 2.55 bits per heavy atom. The largest absolute Gasteiger partial charge is 0.295 e. The lowest BCUT2D eigenvalue weighted by Crippen LogP contribution is -2.19. The zero-order valence-electron chi connectivity index (χ0n) is 16.2. The number of hydrogen-bond acceptors (Lipinski definition) is 5. The summed E-state index contributed by atoms with van der Waals surface area (Å²) in [7, 11) is 0. The molecule has 0 unspecified atom stereocenters. The number of rotatable bonds is 3. The number of hydrogen-bond donors (Lipinski definition) is 0. The zero-order valence-corrected chi connectivity index (χ0v) is 16.2. The number of ketones is 1. The second kappa shape index (κ2) is 6.92. The van der Waals surface area contributed by atoms with Crippen LogP contribution in [0.15, 0.2) is 47.5 Å². The Morgan fingerprint density at radius 1 is 1.07 bits per heavy atom. The highest BCUT2D eigenvalue weighted by Gasteiger charge is 2.21. The highest BCUT2D eigenvalue weighted by molar-refractivity contribution is 5.94. The number of fused-ring (bicyclic) bond motifs is 3. The van der Waals surface area contributed by atoms with Crippen LogP contribution in [0.1, 0.15) is 61.1 Å². The van der Waals surface area contributed by atoms with Gasteiger partial charge < -0.3 is 0 Å². The number of Topliss-reactive ketones (excluding diaryl/α,β-unsaturated/α-hetero) is 1. The van der Waals surface area contributed by atoms with Crippen molar-refractivity contribution in [1.82, 2.24) is 24.1 Å². The van der Waals surface area contributed by atoms with Crippen LogP contribution in [0.2, 0.25) is 0 Å².